The molecular weight excluding hydrogens is 406 g/mol. The molecule has 2 heterocycles. The van der Waals surface area contributed by atoms with Crippen LogP contribution in [0.15, 0.2) is 66.9 Å². The van der Waals surface area contributed by atoms with E-state index in [-0.39, 0.29) is 5.41 Å². The number of amides is 2. The van der Waals surface area contributed by atoms with Gasteiger partial charge in [-0.1, -0.05) is 39.0 Å². The van der Waals surface area contributed by atoms with Gasteiger partial charge in [0, 0.05) is 23.0 Å². The van der Waals surface area contributed by atoms with Crippen LogP contribution in [0.25, 0.3) is 11.4 Å². The number of pyridine rings is 1. The Morgan fingerprint density at radius 2 is 1.75 bits per heavy atom. The molecule has 0 spiro atoms. The lowest BCUT2D eigenvalue weighted by Gasteiger charge is -2.22. The van der Waals surface area contributed by atoms with Crippen molar-refractivity contribution in [2.24, 2.45) is 0 Å². The molecule has 0 saturated heterocycles. The fourth-order valence-electron chi connectivity index (χ4n) is 3.12. The summed E-state index contributed by atoms with van der Waals surface area (Å²) >= 11 is 0. The van der Waals surface area contributed by atoms with Gasteiger partial charge >= 0.3 is 6.03 Å². The number of anilines is 2. The zero-order valence-corrected chi connectivity index (χ0v) is 18.0. The average molecular weight is 429 g/mol. The Hall–Kier alpha value is -4.27. The molecule has 2 amide bonds. The van der Waals surface area contributed by atoms with Gasteiger partial charge in [0.15, 0.2) is 0 Å². The Bertz CT molecular complexity index is 1200. The molecule has 0 bridgehead atoms. The van der Waals surface area contributed by atoms with E-state index in [0.717, 1.165) is 11.1 Å². The van der Waals surface area contributed by atoms with Crippen LogP contribution >= 0.6 is 0 Å². The van der Waals surface area contributed by atoms with E-state index in [1.54, 1.807) is 42.6 Å². The summed E-state index contributed by atoms with van der Waals surface area (Å²) in [4.78, 5) is 16.9. The number of carbonyl (C=O) groups excluding carboxylic acids is 1. The molecule has 2 aromatic heterocycles. The minimum atomic E-state index is -0.417. The number of ether oxygens (including phenoxy) is 1. The van der Waals surface area contributed by atoms with Crippen LogP contribution in [0.3, 0.4) is 0 Å². The van der Waals surface area contributed by atoms with Crippen molar-refractivity contribution in [3.63, 3.8) is 0 Å². The maximum atomic E-state index is 12.6. The van der Waals surface area contributed by atoms with Crippen molar-refractivity contribution in [3.05, 3.63) is 72.4 Å². The highest BCUT2D eigenvalue weighted by Gasteiger charge is 2.20. The fourth-order valence-corrected chi connectivity index (χ4v) is 3.12. The van der Waals surface area contributed by atoms with Crippen LogP contribution in [-0.2, 0) is 5.41 Å². The Labute approximate surface area is 185 Å². The Morgan fingerprint density at radius 1 is 0.969 bits per heavy atom. The van der Waals surface area contributed by atoms with Gasteiger partial charge in [0.25, 0.3) is 0 Å². The minimum absolute atomic E-state index is 0.107. The highest BCUT2D eigenvalue weighted by molar-refractivity contribution is 6.00. The number of hydrogen-bond donors (Lipinski definition) is 3. The molecule has 9 nitrogen and oxygen atoms in total. The van der Waals surface area contributed by atoms with Crippen LogP contribution in [0.5, 0.6) is 11.6 Å². The molecule has 3 N–H and O–H groups in total. The van der Waals surface area contributed by atoms with Gasteiger partial charge in [-0.2, -0.15) is 5.21 Å². The Balaban J connectivity index is 1.47. The number of urea groups is 1. The molecule has 2 aromatic carbocycles. The molecule has 162 valence electrons. The molecule has 4 aromatic rings. The van der Waals surface area contributed by atoms with Crippen molar-refractivity contribution in [3.8, 4) is 23.0 Å². The third-order valence-corrected chi connectivity index (χ3v) is 4.67. The number of para-hydroxylation sites is 1. The summed E-state index contributed by atoms with van der Waals surface area (Å²) in [5.41, 5.74) is 2.79. The van der Waals surface area contributed by atoms with Gasteiger partial charge in [0.1, 0.15) is 11.4 Å². The zero-order valence-electron chi connectivity index (χ0n) is 18.0. The van der Waals surface area contributed by atoms with Crippen LogP contribution in [-0.4, -0.2) is 31.6 Å². The number of aromatic nitrogens is 5. The second kappa shape index (κ2) is 8.84. The van der Waals surface area contributed by atoms with E-state index < -0.39 is 6.03 Å². The lowest BCUT2D eigenvalue weighted by Crippen LogP contribution is -2.20. The minimum Gasteiger partial charge on any atom is -0.437 e. The van der Waals surface area contributed by atoms with Crippen LogP contribution in [0.4, 0.5) is 16.2 Å². The molecule has 0 aliphatic carbocycles. The zero-order chi connectivity index (χ0) is 22.6. The number of aromatic amines is 1. The molecule has 4 rings (SSSR count). The molecule has 0 atom stereocenters. The third-order valence-electron chi connectivity index (χ3n) is 4.67. The average Bonchev–Trinajstić information content (AvgIpc) is 3.30. The van der Waals surface area contributed by atoms with Gasteiger partial charge in [-0.3, -0.25) is 0 Å². The number of rotatable bonds is 5. The summed E-state index contributed by atoms with van der Waals surface area (Å²) in [5.74, 6) is 1.49. The fraction of sp³-hybridized carbons (Fsp3) is 0.174. The number of tetrazole rings is 1. The molecule has 0 radical (unpaired) electrons. The van der Waals surface area contributed by atoms with Crippen LogP contribution in [0.1, 0.15) is 26.3 Å². The van der Waals surface area contributed by atoms with Crippen molar-refractivity contribution in [1.29, 1.82) is 0 Å². The van der Waals surface area contributed by atoms with E-state index in [1.165, 1.54) is 0 Å². The van der Waals surface area contributed by atoms with Gasteiger partial charge in [0.05, 0.1) is 0 Å². The molecule has 0 unspecified atom stereocenters. The van der Waals surface area contributed by atoms with Crippen molar-refractivity contribution < 1.29 is 9.53 Å². The van der Waals surface area contributed by atoms with E-state index in [1.807, 2.05) is 24.3 Å². The second-order valence-electron chi connectivity index (χ2n) is 8.10. The van der Waals surface area contributed by atoms with E-state index in [0.29, 0.717) is 28.8 Å². The molecule has 0 fully saturated rings. The largest absolute Gasteiger partial charge is 0.437 e. The predicted octanol–water partition coefficient (Wildman–Crippen LogP) is 5.00. The van der Waals surface area contributed by atoms with Gasteiger partial charge in [-0.25, -0.2) is 9.78 Å². The summed E-state index contributed by atoms with van der Waals surface area (Å²) in [6.45, 7) is 6.35. The highest BCUT2D eigenvalue weighted by atomic mass is 16.5. The monoisotopic (exact) mass is 429 g/mol. The maximum Gasteiger partial charge on any atom is 0.323 e. The molecule has 0 aliphatic rings. The number of H-pyrrole nitrogens is 1. The number of hydrogen-bond acceptors (Lipinski definition) is 6. The highest BCUT2D eigenvalue weighted by Crippen LogP contribution is 2.35. The molecule has 32 heavy (non-hydrogen) atoms. The standard InChI is InChI=1S/C23H23N7O2/c1-23(2,3)17-7-4-5-9-19(17)32-21-18(8-6-14-24-21)26-22(31)25-16-12-10-15(11-13-16)20-27-29-30-28-20/h4-14H,1-3H3,(H2,25,26,31)(H,27,28,29,30). The molecule has 9 heteroatoms. The maximum absolute atomic E-state index is 12.6. The normalized spacial score (nSPS) is 11.1. The summed E-state index contributed by atoms with van der Waals surface area (Å²) in [6.07, 6.45) is 1.62. The number of carbonyl (C=O) groups is 1. The smallest absolute Gasteiger partial charge is 0.323 e. The Morgan fingerprint density at radius 3 is 2.47 bits per heavy atom. The predicted molar refractivity (Wildman–Crippen MR) is 122 cm³/mol. The number of nitrogens with zero attached hydrogens (tertiary/aromatic N) is 4. The van der Waals surface area contributed by atoms with E-state index >= 15 is 0 Å². The van der Waals surface area contributed by atoms with Crippen molar-refractivity contribution in [2.45, 2.75) is 26.2 Å². The van der Waals surface area contributed by atoms with Crippen LogP contribution < -0.4 is 15.4 Å². The quantitative estimate of drug-likeness (QED) is 0.411. The molecular formula is C23H23N7O2. The van der Waals surface area contributed by atoms with Crippen molar-refractivity contribution >= 4 is 17.4 Å². The van der Waals surface area contributed by atoms with Crippen LogP contribution in [0, 0.1) is 0 Å². The Kier molecular flexibility index (Phi) is 5.80. The molecule has 0 saturated carbocycles. The summed E-state index contributed by atoms with van der Waals surface area (Å²) in [5, 5.41) is 19.4. The lowest BCUT2D eigenvalue weighted by atomic mass is 9.86. The van der Waals surface area contributed by atoms with E-state index in [2.05, 4.69) is 57.0 Å². The molecule has 0 aliphatic heterocycles. The van der Waals surface area contributed by atoms with Gasteiger partial charge in [-0.15, -0.1) is 10.2 Å². The first-order valence-electron chi connectivity index (χ1n) is 10.0. The third kappa shape index (κ3) is 4.89. The number of benzene rings is 2. The lowest BCUT2D eigenvalue weighted by molar-refractivity contribution is 0.262. The first-order valence-corrected chi connectivity index (χ1v) is 10.0. The van der Waals surface area contributed by atoms with Crippen molar-refractivity contribution in [2.75, 3.05) is 10.6 Å². The summed E-state index contributed by atoms with van der Waals surface area (Å²) in [7, 11) is 0. The first kappa shape index (κ1) is 21.0. The second-order valence-corrected chi connectivity index (χ2v) is 8.10. The summed E-state index contributed by atoms with van der Waals surface area (Å²) in [6, 6.07) is 18.0. The van der Waals surface area contributed by atoms with Crippen molar-refractivity contribution in [1.82, 2.24) is 25.6 Å². The van der Waals surface area contributed by atoms with E-state index in [9.17, 15) is 4.79 Å². The summed E-state index contributed by atoms with van der Waals surface area (Å²) < 4.78 is 6.10. The van der Waals surface area contributed by atoms with Crippen LogP contribution in [0.2, 0.25) is 0 Å². The van der Waals surface area contributed by atoms with Gasteiger partial charge in [0.2, 0.25) is 11.7 Å². The SMILES string of the molecule is CC(C)(C)c1ccccc1Oc1ncccc1NC(=O)Nc1ccc(-c2nn[nH]n2)cc1. The van der Waals surface area contributed by atoms with Gasteiger partial charge in [-0.05, 0) is 53.1 Å². The topological polar surface area (TPSA) is 118 Å². The first-order chi connectivity index (χ1) is 15.4. The number of nitrogens with one attached hydrogen (secondary N) is 3. The van der Waals surface area contributed by atoms with E-state index in [4.69, 9.17) is 4.74 Å². The van der Waals surface area contributed by atoms with Gasteiger partial charge < -0.3 is 15.4 Å².